The van der Waals surface area contributed by atoms with Crippen LogP contribution in [0.25, 0.3) is 0 Å². The summed E-state index contributed by atoms with van der Waals surface area (Å²) in [5, 5.41) is 3.89. The SMILES string of the molecule is CC[C@@H](C)NC(=O)[C@H](Cc1ccccc1)N(Cc1ccc(Cl)c(Cl)c1)C(=O)COc1ccccc1C(C)(C)C. The Morgan fingerprint density at radius 2 is 1.59 bits per heavy atom. The Morgan fingerprint density at radius 3 is 2.23 bits per heavy atom. The molecule has 0 spiro atoms. The van der Waals surface area contributed by atoms with Crippen molar-refractivity contribution in [2.75, 3.05) is 6.61 Å². The van der Waals surface area contributed by atoms with Crippen molar-refractivity contribution in [2.24, 2.45) is 0 Å². The van der Waals surface area contributed by atoms with Gasteiger partial charge in [0.05, 0.1) is 10.0 Å². The van der Waals surface area contributed by atoms with Crippen molar-refractivity contribution in [1.82, 2.24) is 10.2 Å². The molecule has 0 saturated heterocycles. The van der Waals surface area contributed by atoms with Gasteiger partial charge < -0.3 is 15.0 Å². The van der Waals surface area contributed by atoms with Gasteiger partial charge in [-0.05, 0) is 53.6 Å². The Balaban J connectivity index is 1.97. The minimum atomic E-state index is -0.759. The van der Waals surface area contributed by atoms with E-state index in [4.69, 9.17) is 27.9 Å². The zero-order valence-corrected chi connectivity index (χ0v) is 24.9. The third-order valence-electron chi connectivity index (χ3n) is 6.66. The lowest BCUT2D eigenvalue weighted by atomic mass is 9.86. The van der Waals surface area contributed by atoms with Crippen molar-refractivity contribution in [3.05, 3.63) is 99.5 Å². The van der Waals surface area contributed by atoms with Gasteiger partial charge in [-0.15, -0.1) is 0 Å². The molecule has 0 aliphatic heterocycles. The molecule has 3 aromatic rings. The molecular weight excluding hydrogens is 531 g/mol. The molecule has 5 nitrogen and oxygen atoms in total. The summed E-state index contributed by atoms with van der Waals surface area (Å²) in [7, 11) is 0. The van der Waals surface area contributed by atoms with Gasteiger partial charge in [0, 0.05) is 19.0 Å². The lowest BCUT2D eigenvalue weighted by Crippen LogP contribution is -2.53. The molecule has 7 heteroatoms. The second-order valence-electron chi connectivity index (χ2n) is 10.8. The van der Waals surface area contributed by atoms with Gasteiger partial charge in [0.2, 0.25) is 5.91 Å². The fourth-order valence-electron chi connectivity index (χ4n) is 4.26. The Morgan fingerprint density at radius 1 is 0.923 bits per heavy atom. The van der Waals surface area contributed by atoms with Crippen molar-refractivity contribution in [3.63, 3.8) is 0 Å². The Bertz CT molecular complexity index is 1260. The molecule has 0 heterocycles. The molecule has 208 valence electrons. The molecule has 0 aromatic heterocycles. The largest absolute Gasteiger partial charge is 0.483 e. The number of rotatable bonds is 11. The number of hydrogen-bond donors (Lipinski definition) is 1. The summed E-state index contributed by atoms with van der Waals surface area (Å²) in [6.07, 6.45) is 1.13. The molecule has 0 aliphatic rings. The number of ether oxygens (including phenoxy) is 1. The van der Waals surface area contributed by atoms with Crippen LogP contribution in [0, 0.1) is 0 Å². The van der Waals surface area contributed by atoms with Gasteiger partial charge >= 0.3 is 0 Å². The van der Waals surface area contributed by atoms with E-state index in [1.165, 1.54) is 0 Å². The van der Waals surface area contributed by atoms with E-state index < -0.39 is 6.04 Å². The maximum Gasteiger partial charge on any atom is 0.261 e. The molecule has 0 aliphatic carbocycles. The topological polar surface area (TPSA) is 58.6 Å². The van der Waals surface area contributed by atoms with E-state index >= 15 is 0 Å². The number of benzene rings is 3. The van der Waals surface area contributed by atoms with E-state index in [1.807, 2.05) is 74.5 Å². The number of nitrogens with one attached hydrogen (secondary N) is 1. The number of carbonyl (C=O) groups excluding carboxylic acids is 2. The molecule has 2 amide bonds. The summed E-state index contributed by atoms with van der Waals surface area (Å²) in [5.74, 6) is 0.137. The quantitative estimate of drug-likeness (QED) is 0.265. The highest BCUT2D eigenvalue weighted by Gasteiger charge is 2.31. The first-order valence-corrected chi connectivity index (χ1v) is 14.0. The summed E-state index contributed by atoms with van der Waals surface area (Å²) >= 11 is 12.4. The van der Waals surface area contributed by atoms with E-state index in [0.717, 1.165) is 23.1 Å². The Labute approximate surface area is 242 Å². The Hall–Kier alpha value is -3.02. The molecular formula is C32H38Cl2N2O3. The van der Waals surface area contributed by atoms with Crippen LogP contribution in [0.3, 0.4) is 0 Å². The van der Waals surface area contributed by atoms with Crippen LogP contribution in [0.4, 0.5) is 0 Å². The minimum absolute atomic E-state index is 0.0346. The van der Waals surface area contributed by atoms with E-state index in [1.54, 1.807) is 17.0 Å². The van der Waals surface area contributed by atoms with Gasteiger partial charge in [-0.25, -0.2) is 0 Å². The number of nitrogens with zero attached hydrogens (tertiary/aromatic N) is 1. The van der Waals surface area contributed by atoms with Crippen molar-refractivity contribution in [1.29, 1.82) is 0 Å². The van der Waals surface area contributed by atoms with E-state index in [2.05, 4.69) is 26.1 Å². The predicted molar refractivity (Wildman–Crippen MR) is 159 cm³/mol. The van der Waals surface area contributed by atoms with E-state index in [0.29, 0.717) is 22.2 Å². The molecule has 0 saturated carbocycles. The van der Waals surface area contributed by atoms with Gasteiger partial charge in [0.25, 0.3) is 5.91 Å². The van der Waals surface area contributed by atoms with Gasteiger partial charge in [0.1, 0.15) is 11.8 Å². The number of para-hydroxylation sites is 1. The fraction of sp³-hybridized carbons (Fsp3) is 0.375. The summed E-state index contributed by atoms with van der Waals surface area (Å²) in [6, 6.07) is 21.9. The lowest BCUT2D eigenvalue weighted by molar-refractivity contribution is -0.143. The molecule has 3 rings (SSSR count). The van der Waals surface area contributed by atoms with Crippen molar-refractivity contribution in [2.45, 2.75) is 71.5 Å². The number of hydrogen-bond acceptors (Lipinski definition) is 3. The first-order valence-electron chi connectivity index (χ1n) is 13.3. The van der Waals surface area contributed by atoms with E-state index in [-0.39, 0.29) is 36.4 Å². The molecule has 39 heavy (non-hydrogen) atoms. The average molecular weight is 570 g/mol. The number of carbonyl (C=O) groups is 2. The van der Waals surface area contributed by atoms with E-state index in [9.17, 15) is 9.59 Å². The maximum absolute atomic E-state index is 13.9. The van der Waals surface area contributed by atoms with Gasteiger partial charge in [0.15, 0.2) is 6.61 Å². The molecule has 0 unspecified atom stereocenters. The molecule has 0 bridgehead atoms. The maximum atomic E-state index is 13.9. The summed E-state index contributed by atoms with van der Waals surface area (Å²) in [5.41, 5.74) is 2.56. The summed E-state index contributed by atoms with van der Waals surface area (Å²) in [4.78, 5) is 29.1. The number of amides is 2. The highest BCUT2D eigenvalue weighted by Crippen LogP contribution is 2.31. The fourth-order valence-corrected chi connectivity index (χ4v) is 4.58. The zero-order chi connectivity index (χ0) is 28.6. The smallest absolute Gasteiger partial charge is 0.261 e. The molecule has 0 fully saturated rings. The molecule has 1 N–H and O–H groups in total. The van der Waals surface area contributed by atoms with Crippen LogP contribution < -0.4 is 10.1 Å². The van der Waals surface area contributed by atoms with Crippen molar-refractivity contribution < 1.29 is 14.3 Å². The van der Waals surface area contributed by atoms with Gasteiger partial charge in [-0.3, -0.25) is 9.59 Å². The third-order valence-corrected chi connectivity index (χ3v) is 7.39. The number of halogens is 2. The minimum Gasteiger partial charge on any atom is -0.483 e. The van der Waals surface area contributed by atoms with Crippen LogP contribution in [-0.2, 0) is 28.0 Å². The second kappa shape index (κ2) is 13.9. The first-order chi connectivity index (χ1) is 18.5. The third kappa shape index (κ3) is 8.74. The second-order valence-corrected chi connectivity index (χ2v) is 11.6. The van der Waals surface area contributed by atoms with Crippen molar-refractivity contribution in [3.8, 4) is 5.75 Å². The standard InChI is InChI=1S/C32H38Cl2N2O3/c1-6-22(2)35-31(38)28(19-23-12-8-7-9-13-23)36(20-24-16-17-26(33)27(34)18-24)30(37)21-39-29-15-11-10-14-25(29)32(3,4)5/h7-18,22,28H,6,19-21H2,1-5H3,(H,35,38)/t22-,28+/m1/s1. The monoisotopic (exact) mass is 568 g/mol. The summed E-state index contributed by atoms with van der Waals surface area (Å²) in [6.45, 7) is 10.2. The lowest BCUT2D eigenvalue weighted by Gasteiger charge is -2.32. The normalized spacial score (nSPS) is 12.9. The van der Waals surface area contributed by atoms with Crippen LogP contribution in [0.15, 0.2) is 72.8 Å². The van der Waals surface area contributed by atoms with Gasteiger partial charge in [-0.1, -0.05) is 105 Å². The van der Waals surface area contributed by atoms with Crippen LogP contribution in [-0.4, -0.2) is 35.4 Å². The molecule has 2 atom stereocenters. The van der Waals surface area contributed by atoms with Crippen LogP contribution in [0.5, 0.6) is 5.75 Å². The summed E-state index contributed by atoms with van der Waals surface area (Å²) < 4.78 is 6.10. The highest BCUT2D eigenvalue weighted by atomic mass is 35.5. The molecule has 3 aromatic carbocycles. The predicted octanol–water partition coefficient (Wildman–Crippen LogP) is 7.22. The first kappa shape index (κ1) is 30.5. The average Bonchev–Trinajstić information content (AvgIpc) is 2.91. The van der Waals surface area contributed by atoms with Crippen LogP contribution in [0.1, 0.15) is 57.7 Å². The molecule has 0 radical (unpaired) electrons. The Kier molecular flexibility index (Phi) is 10.8. The van der Waals surface area contributed by atoms with Crippen LogP contribution in [0.2, 0.25) is 10.0 Å². The van der Waals surface area contributed by atoms with Crippen molar-refractivity contribution >= 4 is 35.0 Å². The highest BCUT2D eigenvalue weighted by molar-refractivity contribution is 6.42. The zero-order valence-electron chi connectivity index (χ0n) is 23.3. The van der Waals surface area contributed by atoms with Gasteiger partial charge in [-0.2, -0.15) is 0 Å². The van der Waals surface area contributed by atoms with Crippen LogP contribution >= 0.6 is 23.2 Å².